The molecule has 0 aliphatic carbocycles. The van der Waals surface area contributed by atoms with Crippen LogP contribution in [0.25, 0.3) is 0 Å². The van der Waals surface area contributed by atoms with Crippen LogP contribution in [-0.2, 0) is 0 Å². The molecule has 0 atom stereocenters. The molecule has 0 aromatic rings. The number of hydrogen-bond acceptors (Lipinski definition) is 3. The fraction of sp³-hybridized carbons (Fsp3) is 1.00. The van der Waals surface area contributed by atoms with Crippen LogP contribution in [0.4, 0.5) is 0 Å². The molecule has 60 valence electrons. The van der Waals surface area contributed by atoms with Gasteiger partial charge in [-0.05, 0) is 6.42 Å². The predicted octanol–water partition coefficient (Wildman–Crippen LogP) is 0.154. The van der Waals surface area contributed by atoms with E-state index in [1.54, 1.807) is 0 Å². The molecule has 1 aliphatic heterocycles. The van der Waals surface area contributed by atoms with Gasteiger partial charge in [0.25, 0.3) is 0 Å². The Morgan fingerprint density at radius 3 is 2.60 bits per heavy atom. The summed E-state index contributed by atoms with van der Waals surface area (Å²) < 4.78 is 0. The Balaban J connectivity index is 2.02. The van der Waals surface area contributed by atoms with Crippen LogP contribution in [0.3, 0.4) is 0 Å². The van der Waals surface area contributed by atoms with Gasteiger partial charge in [-0.3, -0.25) is 15.5 Å². The smallest absolute Gasteiger partial charge is 0.0502 e. The molecule has 0 aromatic heterocycles. The largest absolute Gasteiger partial charge is 0.292 e. The molecular weight excluding hydrogens is 126 g/mol. The van der Waals surface area contributed by atoms with Crippen molar-refractivity contribution in [1.29, 1.82) is 0 Å². The molecule has 1 fully saturated rings. The first kappa shape index (κ1) is 7.98. The molecular formula is C7H17N3. The van der Waals surface area contributed by atoms with Gasteiger partial charge in [0.2, 0.25) is 0 Å². The van der Waals surface area contributed by atoms with E-state index in [9.17, 15) is 0 Å². The second kappa shape index (κ2) is 4.66. The van der Waals surface area contributed by atoms with E-state index in [4.69, 9.17) is 0 Å². The Hall–Kier alpha value is -0.120. The third-order valence-electron chi connectivity index (χ3n) is 1.75. The van der Waals surface area contributed by atoms with Gasteiger partial charge in [0.1, 0.15) is 0 Å². The van der Waals surface area contributed by atoms with Gasteiger partial charge >= 0.3 is 0 Å². The fourth-order valence-corrected chi connectivity index (χ4v) is 1.11. The lowest BCUT2D eigenvalue weighted by atomic mass is 10.3. The van der Waals surface area contributed by atoms with Crippen molar-refractivity contribution in [3.63, 3.8) is 0 Å². The molecule has 0 aromatic carbocycles. The third-order valence-corrected chi connectivity index (χ3v) is 1.75. The lowest BCUT2D eigenvalue weighted by Gasteiger charge is -2.27. The normalized spacial score (nSPS) is 21.3. The summed E-state index contributed by atoms with van der Waals surface area (Å²) in [5.74, 6) is 0. The Kier molecular flexibility index (Phi) is 3.72. The van der Waals surface area contributed by atoms with Gasteiger partial charge in [-0.25, -0.2) is 0 Å². The van der Waals surface area contributed by atoms with Crippen LogP contribution in [0.5, 0.6) is 0 Å². The summed E-state index contributed by atoms with van der Waals surface area (Å²) >= 11 is 0. The van der Waals surface area contributed by atoms with Crippen molar-refractivity contribution in [2.75, 3.05) is 26.6 Å². The minimum atomic E-state index is 0.961. The zero-order chi connectivity index (χ0) is 7.23. The number of nitrogens with one attached hydrogen (secondary N) is 2. The standard InChI is InChI=1S/C7H17N3/c1-2-3-4-10-6-8-5-9-7-10/h8-9H,2-7H2,1H3. The molecule has 3 nitrogen and oxygen atoms in total. The van der Waals surface area contributed by atoms with Gasteiger partial charge in [0.15, 0.2) is 0 Å². The van der Waals surface area contributed by atoms with Crippen molar-refractivity contribution in [3.05, 3.63) is 0 Å². The number of nitrogens with zero attached hydrogens (tertiary/aromatic N) is 1. The first-order valence-corrected chi connectivity index (χ1v) is 4.07. The van der Waals surface area contributed by atoms with E-state index in [2.05, 4.69) is 22.5 Å². The first-order valence-electron chi connectivity index (χ1n) is 4.07. The molecule has 0 saturated carbocycles. The van der Waals surface area contributed by atoms with Gasteiger partial charge in [-0.15, -0.1) is 0 Å². The molecule has 0 radical (unpaired) electrons. The van der Waals surface area contributed by atoms with Crippen molar-refractivity contribution < 1.29 is 0 Å². The molecule has 0 spiro atoms. The first-order chi connectivity index (χ1) is 4.93. The predicted molar refractivity (Wildman–Crippen MR) is 42.5 cm³/mol. The summed E-state index contributed by atoms with van der Waals surface area (Å²) in [5, 5.41) is 6.52. The summed E-state index contributed by atoms with van der Waals surface area (Å²) in [4.78, 5) is 2.38. The quantitative estimate of drug-likeness (QED) is 0.589. The van der Waals surface area contributed by atoms with E-state index >= 15 is 0 Å². The number of unbranched alkanes of at least 4 members (excludes halogenated alkanes) is 1. The maximum Gasteiger partial charge on any atom is 0.0502 e. The molecule has 0 bridgehead atoms. The van der Waals surface area contributed by atoms with Gasteiger partial charge in [-0.2, -0.15) is 0 Å². The van der Waals surface area contributed by atoms with Crippen LogP contribution in [0.2, 0.25) is 0 Å². The lowest BCUT2D eigenvalue weighted by molar-refractivity contribution is 0.189. The van der Waals surface area contributed by atoms with Gasteiger partial charge in [-0.1, -0.05) is 13.3 Å². The van der Waals surface area contributed by atoms with Crippen molar-refractivity contribution in [2.45, 2.75) is 19.8 Å². The summed E-state index contributed by atoms with van der Waals surface area (Å²) in [6.45, 7) is 6.50. The average Bonchev–Trinajstić information content (AvgIpc) is 2.03. The summed E-state index contributed by atoms with van der Waals surface area (Å²) in [6.07, 6.45) is 2.60. The van der Waals surface area contributed by atoms with E-state index in [0.29, 0.717) is 0 Å². The van der Waals surface area contributed by atoms with Gasteiger partial charge in [0, 0.05) is 13.2 Å². The van der Waals surface area contributed by atoms with E-state index in [0.717, 1.165) is 20.0 Å². The van der Waals surface area contributed by atoms with Gasteiger partial charge in [0.05, 0.1) is 13.3 Å². The molecule has 1 saturated heterocycles. The topological polar surface area (TPSA) is 27.3 Å². The van der Waals surface area contributed by atoms with Crippen molar-refractivity contribution in [3.8, 4) is 0 Å². The van der Waals surface area contributed by atoms with Gasteiger partial charge < -0.3 is 0 Å². The Bertz CT molecular complexity index is 78.9. The van der Waals surface area contributed by atoms with Crippen molar-refractivity contribution >= 4 is 0 Å². The Morgan fingerprint density at radius 2 is 2.00 bits per heavy atom. The SMILES string of the molecule is CCCCN1CNCNC1. The second-order valence-corrected chi connectivity index (χ2v) is 2.74. The fourth-order valence-electron chi connectivity index (χ4n) is 1.11. The third kappa shape index (κ3) is 2.64. The van der Waals surface area contributed by atoms with Crippen molar-refractivity contribution in [1.82, 2.24) is 15.5 Å². The van der Waals surface area contributed by atoms with Crippen LogP contribution in [0.1, 0.15) is 19.8 Å². The van der Waals surface area contributed by atoms with E-state index in [1.807, 2.05) is 0 Å². The molecule has 0 amide bonds. The summed E-state index contributed by atoms with van der Waals surface area (Å²) in [7, 11) is 0. The zero-order valence-electron chi connectivity index (χ0n) is 6.69. The van der Waals surface area contributed by atoms with E-state index in [1.165, 1.54) is 19.4 Å². The van der Waals surface area contributed by atoms with Crippen LogP contribution in [0, 0.1) is 0 Å². The summed E-state index contributed by atoms with van der Waals surface area (Å²) in [6, 6.07) is 0. The highest BCUT2D eigenvalue weighted by Crippen LogP contribution is 1.93. The van der Waals surface area contributed by atoms with Crippen LogP contribution >= 0.6 is 0 Å². The van der Waals surface area contributed by atoms with E-state index in [-0.39, 0.29) is 0 Å². The minimum Gasteiger partial charge on any atom is -0.292 e. The highest BCUT2D eigenvalue weighted by Gasteiger charge is 2.05. The lowest BCUT2D eigenvalue weighted by Crippen LogP contribution is -2.50. The highest BCUT2D eigenvalue weighted by atomic mass is 15.4. The monoisotopic (exact) mass is 143 g/mol. The minimum absolute atomic E-state index is 0.961. The second-order valence-electron chi connectivity index (χ2n) is 2.74. The Morgan fingerprint density at radius 1 is 1.30 bits per heavy atom. The zero-order valence-corrected chi connectivity index (χ0v) is 6.69. The molecule has 1 rings (SSSR count). The molecule has 1 heterocycles. The average molecular weight is 143 g/mol. The number of hydrogen-bond donors (Lipinski definition) is 2. The molecule has 2 N–H and O–H groups in total. The molecule has 0 unspecified atom stereocenters. The summed E-state index contributed by atoms with van der Waals surface area (Å²) in [5.41, 5.74) is 0. The highest BCUT2D eigenvalue weighted by molar-refractivity contribution is 4.59. The van der Waals surface area contributed by atoms with Crippen LogP contribution < -0.4 is 10.6 Å². The van der Waals surface area contributed by atoms with E-state index < -0.39 is 0 Å². The van der Waals surface area contributed by atoms with Crippen molar-refractivity contribution in [2.24, 2.45) is 0 Å². The molecule has 10 heavy (non-hydrogen) atoms. The number of rotatable bonds is 3. The maximum atomic E-state index is 3.26. The molecule has 3 heteroatoms. The van der Waals surface area contributed by atoms with Crippen LogP contribution in [0.15, 0.2) is 0 Å². The Labute approximate surface area is 62.8 Å². The molecule has 1 aliphatic rings. The maximum absolute atomic E-state index is 3.26. The van der Waals surface area contributed by atoms with Crippen LogP contribution in [-0.4, -0.2) is 31.5 Å².